The lowest BCUT2D eigenvalue weighted by Gasteiger charge is -2.20. The van der Waals surface area contributed by atoms with Crippen molar-refractivity contribution >= 4 is 50.5 Å². The van der Waals surface area contributed by atoms with Gasteiger partial charge in [0, 0.05) is 17.8 Å². The second-order valence-corrected chi connectivity index (χ2v) is 8.73. The monoisotopic (exact) mass is 434 g/mol. The van der Waals surface area contributed by atoms with E-state index < -0.39 is 15.9 Å². The number of anilines is 2. The zero-order valence-corrected chi connectivity index (χ0v) is 17.1. The van der Waals surface area contributed by atoms with Gasteiger partial charge in [0.15, 0.2) is 0 Å². The minimum atomic E-state index is -3.79. The molecule has 0 bridgehead atoms. The summed E-state index contributed by atoms with van der Waals surface area (Å²) in [5.41, 5.74) is 1.05. The normalized spacial score (nSPS) is 11.1. The van der Waals surface area contributed by atoms with E-state index in [1.165, 1.54) is 35.6 Å². The minimum absolute atomic E-state index is 0.0499. The maximum atomic E-state index is 12.9. The average molecular weight is 435 g/mol. The summed E-state index contributed by atoms with van der Waals surface area (Å²) >= 11 is 12.0. The molecule has 0 aliphatic carbocycles. The van der Waals surface area contributed by atoms with E-state index in [-0.39, 0.29) is 15.5 Å². The molecule has 0 saturated heterocycles. The van der Waals surface area contributed by atoms with Crippen LogP contribution >= 0.6 is 23.2 Å². The second kappa shape index (κ2) is 8.22. The van der Waals surface area contributed by atoms with Crippen molar-refractivity contribution in [3.8, 4) is 0 Å². The molecule has 8 heteroatoms. The molecule has 0 aromatic heterocycles. The van der Waals surface area contributed by atoms with E-state index >= 15 is 0 Å². The Morgan fingerprint density at radius 3 is 2.36 bits per heavy atom. The van der Waals surface area contributed by atoms with E-state index in [9.17, 15) is 13.2 Å². The Kier molecular flexibility index (Phi) is 5.93. The highest BCUT2D eigenvalue weighted by atomic mass is 35.5. The third-order valence-electron chi connectivity index (χ3n) is 4.04. The lowest BCUT2D eigenvalue weighted by molar-refractivity contribution is 0.102. The Morgan fingerprint density at radius 1 is 0.929 bits per heavy atom. The Bertz CT molecular complexity index is 1120. The summed E-state index contributed by atoms with van der Waals surface area (Å²) < 4.78 is 27.0. The van der Waals surface area contributed by atoms with Crippen molar-refractivity contribution in [3.05, 3.63) is 88.4 Å². The van der Waals surface area contributed by atoms with Gasteiger partial charge in [-0.2, -0.15) is 0 Å². The van der Waals surface area contributed by atoms with Gasteiger partial charge in [-0.1, -0.05) is 47.5 Å². The van der Waals surface area contributed by atoms with Crippen molar-refractivity contribution in [2.75, 3.05) is 16.7 Å². The number of halogens is 2. The first-order chi connectivity index (χ1) is 13.3. The molecule has 0 fully saturated rings. The number of rotatable bonds is 5. The average Bonchev–Trinajstić information content (AvgIpc) is 2.70. The molecule has 144 valence electrons. The molecule has 3 aromatic rings. The van der Waals surface area contributed by atoms with Crippen molar-refractivity contribution in [3.63, 3.8) is 0 Å². The van der Waals surface area contributed by atoms with Gasteiger partial charge in [0.05, 0.1) is 21.2 Å². The van der Waals surface area contributed by atoms with Crippen LogP contribution in [0.25, 0.3) is 0 Å². The smallest absolute Gasteiger partial charge is 0.264 e. The standard InChI is InChI=1S/C20H16Cl2N2O3S/c1-24(16-7-3-2-4-8-16)28(26,27)17-9-5-6-15(13-17)23-20(25)18-12-14(21)10-11-19(18)22/h2-13H,1H3,(H,23,25). The number of nitrogens with one attached hydrogen (secondary N) is 1. The van der Waals surface area contributed by atoms with E-state index in [0.29, 0.717) is 16.4 Å². The molecular formula is C20H16Cl2N2O3S. The number of hydrogen-bond donors (Lipinski definition) is 1. The second-order valence-electron chi connectivity index (χ2n) is 5.91. The molecule has 28 heavy (non-hydrogen) atoms. The number of carbonyl (C=O) groups is 1. The van der Waals surface area contributed by atoms with Crippen LogP contribution in [0, 0.1) is 0 Å². The highest BCUT2D eigenvalue weighted by molar-refractivity contribution is 7.92. The van der Waals surface area contributed by atoms with E-state index in [1.807, 2.05) is 0 Å². The zero-order chi connectivity index (χ0) is 20.3. The minimum Gasteiger partial charge on any atom is -0.322 e. The van der Waals surface area contributed by atoms with Gasteiger partial charge >= 0.3 is 0 Å². The molecule has 0 aliphatic heterocycles. The topological polar surface area (TPSA) is 66.5 Å². The van der Waals surface area contributed by atoms with Crippen molar-refractivity contribution in [1.29, 1.82) is 0 Å². The van der Waals surface area contributed by atoms with Crippen LogP contribution in [0.15, 0.2) is 77.7 Å². The van der Waals surface area contributed by atoms with E-state index in [1.54, 1.807) is 48.5 Å². The fourth-order valence-electron chi connectivity index (χ4n) is 2.54. The zero-order valence-electron chi connectivity index (χ0n) is 14.8. The van der Waals surface area contributed by atoms with E-state index in [4.69, 9.17) is 23.2 Å². The maximum Gasteiger partial charge on any atom is 0.264 e. The molecule has 1 N–H and O–H groups in total. The van der Waals surface area contributed by atoms with Crippen molar-refractivity contribution < 1.29 is 13.2 Å². The molecule has 5 nitrogen and oxygen atoms in total. The van der Waals surface area contributed by atoms with Crippen LogP contribution in [0.5, 0.6) is 0 Å². The molecule has 0 radical (unpaired) electrons. The lowest BCUT2D eigenvalue weighted by Crippen LogP contribution is -2.26. The van der Waals surface area contributed by atoms with Gasteiger partial charge in [-0.3, -0.25) is 9.10 Å². The predicted molar refractivity (Wildman–Crippen MR) is 113 cm³/mol. The predicted octanol–water partition coefficient (Wildman–Crippen LogP) is 5.07. The largest absolute Gasteiger partial charge is 0.322 e. The highest BCUT2D eigenvalue weighted by Gasteiger charge is 2.22. The summed E-state index contributed by atoms with van der Waals surface area (Å²) in [6.45, 7) is 0. The first-order valence-electron chi connectivity index (χ1n) is 8.19. The van der Waals surface area contributed by atoms with Gasteiger partial charge in [-0.05, 0) is 48.5 Å². The summed E-state index contributed by atoms with van der Waals surface area (Å²) in [6, 6.07) is 19.3. The van der Waals surface area contributed by atoms with Gasteiger partial charge in [-0.25, -0.2) is 8.42 Å². The van der Waals surface area contributed by atoms with Gasteiger partial charge in [-0.15, -0.1) is 0 Å². The van der Waals surface area contributed by atoms with Crippen LogP contribution in [0.1, 0.15) is 10.4 Å². The van der Waals surface area contributed by atoms with Gasteiger partial charge in [0.25, 0.3) is 15.9 Å². The van der Waals surface area contributed by atoms with Crippen LogP contribution in [-0.2, 0) is 10.0 Å². The van der Waals surface area contributed by atoms with Crippen LogP contribution in [0.3, 0.4) is 0 Å². The number of sulfonamides is 1. The summed E-state index contributed by atoms with van der Waals surface area (Å²) in [5.74, 6) is -0.488. The van der Waals surface area contributed by atoms with Crippen LogP contribution in [0.4, 0.5) is 11.4 Å². The first kappa shape index (κ1) is 20.2. The van der Waals surface area contributed by atoms with Crippen molar-refractivity contribution in [2.24, 2.45) is 0 Å². The number of carbonyl (C=O) groups excluding carboxylic acids is 1. The molecule has 0 atom stereocenters. The lowest BCUT2D eigenvalue weighted by atomic mass is 10.2. The quantitative estimate of drug-likeness (QED) is 0.609. The summed E-state index contributed by atoms with van der Waals surface area (Å²) in [6.07, 6.45) is 0. The Morgan fingerprint density at radius 2 is 1.64 bits per heavy atom. The molecule has 3 rings (SSSR count). The Labute approximate surface area is 173 Å². The van der Waals surface area contributed by atoms with Crippen molar-refractivity contribution in [1.82, 2.24) is 0 Å². The molecule has 1 amide bonds. The summed E-state index contributed by atoms with van der Waals surface area (Å²) in [7, 11) is -2.32. The molecule has 0 saturated carbocycles. The molecule has 3 aromatic carbocycles. The number of hydrogen-bond acceptors (Lipinski definition) is 3. The van der Waals surface area contributed by atoms with Crippen molar-refractivity contribution in [2.45, 2.75) is 4.90 Å². The summed E-state index contributed by atoms with van der Waals surface area (Å²) in [4.78, 5) is 12.5. The fraction of sp³-hybridized carbons (Fsp3) is 0.0500. The molecule has 0 spiro atoms. The van der Waals surface area contributed by atoms with Gasteiger partial charge < -0.3 is 5.32 Å². The van der Waals surface area contributed by atoms with Gasteiger partial charge in [0.1, 0.15) is 0 Å². The van der Waals surface area contributed by atoms with Crippen LogP contribution < -0.4 is 9.62 Å². The Balaban J connectivity index is 1.88. The maximum absolute atomic E-state index is 12.9. The molecule has 0 aliphatic rings. The molecule has 0 unspecified atom stereocenters. The SMILES string of the molecule is CN(c1ccccc1)S(=O)(=O)c1cccc(NC(=O)c2cc(Cl)ccc2Cl)c1. The number of nitrogens with zero attached hydrogens (tertiary/aromatic N) is 1. The van der Waals surface area contributed by atoms with Crippen LogP contribution in [0.2, 0.25) is 10.0 Å². The molecule has 0 heterocycles. The van der Waals surface area contributed by atoms with Gasteiger partial charge in [0.2, 0.25) is 0 Å². The summed E-state index contributed by atoms with van der Waals surface area (Å²) in [5, 5.41) is 3.27. The fourth-order valence-corrected chi connectivity index (χ4v) is 4.16. The highest BCUT2D eigenvalue weighted by Crippen LogP contribution is 2.25. The first-order valence-corrected chi connectivity index (χ1v) is 10.4. The third-order valence-corrected chi connectivity index (χ3v) is 6.39. The molecular weight excluding hydrogens is 419 g/mol. The number of amides is 1. The van der Waals surface area contributed by atoms with E-state index in [0.717, 1.165) is 0 Å². The third kappa shape index (κ3) is 4.30. The Hall–Kier alpha value is -2.54. The van der Waals surface area contributed by atoms with E-state index in [2.05, 4.69) is 5.32 Å². The number of benzene rings is 3. The number of para-hydroxylation sites is 1. The van der Waals surface area contributed by atoms with Crippen LogP contribution in [-0.4, -0.2) is 21.4 Å².